The van der Waals surface area contributed by atoms with E-state index in [9.17, 15) is 9.90 Å². The highest BCUT2D eigenvalue weighted by Crippen LogP contribution is 2.38. The number of nitrogens with one attached hydrogen (secondary N) is 1. The van der Waals surface area contributed by atoms with Crippen molar-refractivity contribution < 1.29 is 9.90 Å². The van der Waals surface area contributed by atoms with Crippen molar-refractivity contribution >= 4 is 17.6 Å². The van der Waals surface area contributed by atoms with E-state index >= 15 is 0 Å². The molecular weight excluding hydrogens is 250 g/mol. The van der Waals surface area contributed by atoms with E-state index in [0.717, 1.165) is 31.5 Å². The maximum Gasteiger partial charge on any atom is 0.314 e. The van der Waals surface area contributed by atoms with E-state index in [2.05, 4.69) is 5.32 Å². The summed E-state index contributed by atoms with van der Waals surface area (Å²) in [5.74, 6) is -0.589. The van der Waals surface area contributed by atoms with Gasteiger partial charge in [-0.25, -0.2) is 0 Å². The largest absolute Gasteiger partial charge is 0.481 e. The van der Waals surface area contributed by atoms with Gasteiger partial charge in [-0.3, -0.25) is 4.79 Å². The second-order valence-electron chi connectivity index (χ2n) is 5.04. The molecule has 0 saturated carbocycles. The summed E-state index contributed by atoms with van der Waals surface area (Å²) < 4.78 is 0. The Morgan fingerprint density at radius 1 is 1.33 bits per heavy atom. The summed E-state index contributed by atoms with van der Waals surface area (Å²) in [5, 5.41) is 13.6. The first-order chi connectivity index (χ1) is 8.55. The van der Waals surface area contributed by atoms with Crippen LogP contribution in [0.2, 0.25) is 5.02 Å². The van der Waals surface area contributed by atoms with Crippen molar-refractivity contribution in [2.45, 2.75) is 25.2 Å². The first-order valence-electron chi connectivity index (χ1n) is 6.25. The van der Waals surface area contributed by atoms with Gasteiger partial charge < -0.3 is 10.4 Å². The number of aliphatic carboxylic acids is 1. The fourth-order valence-electron chi connectivity index (χ4n) is 2.73. The van der Waals surface area contributed by atoms with Crippen LogP contribution in [-0.2, 0) is 10.2 Å². The van der Waals surface area contributed by atoms with Crippen molar-refractivity contribution in [1.82, 2.24) is 5.32 Å². The highest BCUT2D eigenvalue weighted by atomic mass is 35.5. The third-order valence-electron chi connectivity index (χ3n) is 4.04. The Kier molecular flexibility index (Phi) is 3.93. The lowest BCUT2D eigenvalue weighted by atomic mass is 9.68. The molecule has 0 aliphatic carbocycles. The summed E-state index contributed by atoms with van der Waals surface area (Å²) in [5.41, 5.74) is 0.0125. The molecule has 0 aromatic heterocycles. The molecule has 1 fully saturated rings. The Bertz CT molecular complexity index is 426. The minimum atomic E-state index is -0.827. The number of piperidine rings is 1. The quantitative estimate of drug-likeness (QED) is 0.885. The monoisotopic (exact) mass is 267 g/mol. The van der Waals surface area contributed by atoms with Crippen molar-refractivity contribution in [2.75, 3.05) is 13.1 Å². The van der Waals surface area contributed by atoms with Gasteiger partial charge in [0, 0.05) is 5.02 Å². The van der Waals surface area contributed by atoms with Gasteiger partial charge in [-0.2, -0.15) is 0 Å². The zero-order valence-electron chi connectivity index (χ0n) is 10.4. The highest BCUT2D eigenvalue weighted by Gasteiger charge is 2.43. The van der Waals surface area contributed by atoms with Crippen LogP contribution >= 0.6 is 11.6 Å². The summed E-state index contributed by atoms with van der Waals surface area (Å²) in [7, 11) is 0. The zero-order chi connectivity index (χ0) is 13.2. The molecule has 2 N–H and O–H groups in total. The Morgan fingerprint density at radius 2 is 1.89 bits per heavy atom. The van der Waals surface area contributed by atoms with E-state index in [1.165, 1.54) is 0 Å². The third-order valence-corrected chi connectivity index (χ3v) is 4.30. The van der Waals surface area contributed by atoms with Crippen LogP contribution < -0.4 is 5.32 Å². The van der Waals surface area contributed by atoms with Crippen molar-refractivity contribution in [2.24, 2.45) is 5.92 Å². The lowest BCUT2D eigenvalue weighted by molar-refractivity contribution is -0.146. The van der Waals surface area contributed by atoms with Crippen LogP contribution in [0.4, 0.5) is 0 Å². The average molecular weight is 268 g/mol. The standard InChI is InChI=1S/C14H18ClNO2/c1-14(13(17)18,11-6-8-16-9-7-11)10-2-4-12(15)5-3-10/h2-5,11,16H,6-9H2,1H3,(H,17,18). The molecule has 2 rings (SSSR count). The second-order valence-corrected chi connectivity index (χ2v) is 5.48. The lowest BCUT2D eigenvalue weighted by Gasteiger charge is -2.37. The summed E-state index contributed by atoms with van der Waals surface area (Å²) in [6.45, 7) is 3.61. The maximum absolute atomic E-state index is 11.8. The van der Waals surface area contributed by atoms with Gasteiger partial charge in [0.1, 0.15) is 0 Å². The van der Waals surface area contributed by atoms with E-state index in [-0.39, 0.29) is 5.92 Å². The molecule has 1 atom stereocenters. The number of hydrogen-bond donors (Lipinski definition) is 2. The van der Waals surface area contributed by atoms with E-state index < -0.39 is 11.4 Å². The molecule has 0 radical (unpaired) electrons. The van der Waals surface area contributed by atoms with Crippen LogP contribution in [0.5, 0.6) is 0 Å². The normalized spacial score (nSPS) is 20.3. The molecule has 18 heavy (non-hydrogen) atoms. The zero-order valence-corrected chi connectivity index (χ0v) is 11.2. The molecule has 1 aliphatic rings. The van der Waals surface area contributed by atoms with Gasteiger partial charge in [-0.05, 0) is 56.5 Å². The number of hydrogen-bond acceptors (Lipinski definition) is 2. The summed E-state index contributed by atoms with van der Waals surface area (Å²) in [6.07, 6.45) is 1.79. The SMILES string of the molecule is CC(C(=O)O)(c1ccc(Cl)cc1)C1CCNCC1. The van der Waals surface area contributed by atoms with E-state index in [4.69, 9.17) is 11.6 Å². The van der Waals surface area contributed by atoms with Crippen LogP contribution in [0.25, 0.3) is 0 Å². The van der Waals surface area contributed by atoms with Gasteiger partial charge in [-0.15, -0.1) is 0 Å². The fraction of sp³-hybridized carbons (Fsp3) is 0.500. The van der Waals surface area contributed by atoms with Crippen LogP contribution in [0.1, 0.15) is 25.3 Å². The van der Waals surface area contributed by atoms with Crippen LogP contribution in [0, 0.1) is 5.92 Å². The molecule has 4 heteroatoms. The molecule has 1 aliphatic heterocycles. The van der Waals surface area contributed by atoms with E-state index in [1.54, 1.807) is 12.1 Å². The molecule has 0 bridgehead atoms. The van der Waals surface area contributed by atoms with Gasteiger partial charge in [0.2, 0.25) is 0 Å². The number of carboxylic acid groups (broad SMARTS) is 1. The Morgan fingerprint density at radius 3 is 2.39 bits per heavy atom. The smallest absolute Gasteiger partial charge is 0.314 e. The van der Waals surface area contributed by atoms with Crippen LogP contribution in [0.3, 0.4) is 0 Å². The number of halogens is 1. The second kappa shape index (κ2) is 5.29. The first-order valence-corrected chi connectivity index (χ1v) is 6.63. The molecule has 0 amide bonds. The number of carboxylic acids is 1. The molecule has 1 aromatic carbocycles. The van der Waals surface area contributed by atoms with Gasteiger partial charge in [0.05, 0.1) is 5.41 Å². The summed E-state index contributed by atoms with van der Waals surface area (Å²) >= 11 is 5.87. The number of carbonyl (C=O) groups is 1. The Balaban J connectivity index is 2.36. The predicted octanol–water partition coefficient (Wildman–Crippen LogP) is 2.68. The molecule has 1 unspecified atom stereocenters. The van der Waals surface area contributed by atoms with E-state index in [0.29, 0.717) is 5.02 Å². The highest BCUT2D eigenvalue weighted by molar-refractivity contribution is 6.30. The van der Waals surface area contributed by atoms with Gasteiger partial charge in [0.25, 0.3) is 0 Å². The molecule has 1 heterocycles. The molecule has 1 aromatic rings. The van der Waals surface area contributed by atoms with Gasteiger partial charge in [0.15, 0.2) is 0 Å². The predicted molar refractivity (Wildman–Crippen MR) is 72.0 cm³/mol. The van der Waals surface area contributed by atoms with Gasteiger partial charge >= 0.3 is 5.97 Å². The Labute approximate surface area is 112 Å². The lowest BCUT2D eigenvalue weighted by Crippen LogP contribution is -2.45. The van der Waals surface area contributed by atoms with Crippen LogP contribution in [0.15, 0.2) is 24.3 Å². The summed E-state index contributed by atoms with van der Waals surface area (Å²) in [4.78, 5) is 11.8. The fourth-order valence-corrected chi connectivity index (χ4v) is 2.86. The van der Waals surface area contributed by atoms with Crippen molar-refractivity contribution in [3.8, 4) is 0 Å². The summed E-state index contributed by atoms with van der Waals surface area (Å²) in [6, 6.07) is 7.19. The van der Waals surface area contributed by atoms with E-state index in [1.807, 2.05) is 19.1 Å². The Hall–Kier alpha value is -1.06. The van der Waals surface area contributed by atoms with Crippen molar-refractivity contribution in [1.29, 1.82) is 0 Å². The molecule has 1 saturated heterocycles. The molecule has 0 spiro atoms. The van der Waals surface area contributed by atoms with Crippen LogP contribution in [-0.4, -0.2) is 24.2 Å². The molecule has 3 nitrogen and oxygen atoms in total. The average Bonchev–Trinajstić information content (AvgIpc) is 2.39. The third kappa shape index (κ3) is 2.38. The van der Waals surface area contributed by atoms with Crippen molar-refractivity contribution in [3.63, 3.8) is 0 Å². The maximum atomic E-state index is 11.8. The minimum Gasteiger partial charge on any atom is -0.481 e. The van der Waals surface area contributed by atoms with Crippen molar-refractivity contribution in [3.05, 3.63) is 34.9 Å². The van der Waals surface area contributed by atoms with Gasteiger partial charge in [-0.1, -0.05) is 23.7 Å². The minimum absolute atomic E-state index is 0.164. The number of benzene rings is 1. The molecule has 98 valence electrons. The first kappa shape index (κ1) is 13.4. The molecular formula is C14H18ClNO2. The number of rotatable bonds is 3. The topological polar surface area (TPSA) is 49.3 Å².